The van der Waals surface area contributed by atoms with Gasteiger partial charge in [0.05, 0.1) is 11.9 Å². The van der Waals surface area contributed by atoms with Crippen LogP contribution >= 0.6 is 0 Å². The molecule has 1 aromatic rings. The van der Waals surface area contributed by atoms with Gasteiger partial charge < -0.3 is 4.74 Å². The Labute approximate surface area is 111 Å². The van der Waals surface area contributed by atoms with E-state index in [9.17, 15) is 4.79 Å². The van der Waals surface area contributed by atoms with E-state index in [0.717, 1.165) is 5.56 Å². The predicted molar refractivity (Wildman–Crippen MR) is 76.9 cm³/mol. The quantitative estimate of drug-likeness (QED) is 0.808. The lowest BCUT2D eigenvalue weighted by Gasteiger charge is -2.19. The Morgan fingerprint density at radius 2 is 1.83 bits per heavy atom. The maximum atomic E-state index is 11.4. The summed E-state index contributed by atoms with van der Waals surface area (Å²) in [6.45, 7) is 11.4. The molecule has 0 bridgehead atoms. The van der Waals surface area contributed by atoms with Gasteiger partial charge in [-0.1, -0.05) is 21.3 Å². The van der Waals surface area contributed by atoms with Crippen LogP contribution < -0.4 is 5.32 Å². The third kappa shape index (κ3) is 8.56. The van der Waals surface area contributed by atoms with E-state index in [-0.39, 0.29) is 7.43 Å². The number of nitrogens with one attached hydrogen (secondary N) is 1. The molecule has 0 aliphatic heterocycles. The molecule has 18 heavy (non-hydrogen) atoms. The fraction of sp³-hybridized carbons (Fsp3) is 0.571. The van der Waals surface area contributed by atoms with Crippen molar-refractivity contribution < 1.29 is 9.53 Å². The number of hydrogen-bond donors (Lipinski definition) is 1. The molecule has 1 rings (SSSR count). The lowest BCUT2D eigenvalue weighted by Crippen LogP contribution is -2.27. The number of rotatable bonds is 1. The number of carbonyl (C=O) groups excluding carboxylic acids is 1. The lowest BCUT2D eigenvalue weighted by atomic mass is 10.2. The number of aryl methyl sites for hydroxylation is 1. The van der Waals surface area contributed by atoms with Crippen molar-refractivity contribution in [3.8, 4) is 0 Å². The molecule has 4 heteroatoms. The summed E-state index contributed by atoms with van der Waals surface area (Å²) in [7, 11) is 0. The Balaban J connectivity index is 0. The molecule has 0 radical (unpaired) electrons. The number of carbonyl (C=O) groups is 1. The first-order valence-corrected chi connectivity index (χ1v) is 5.78. The van der Waals surface area contributed by atoms with Crippen molar-refractivity contribution in [2.45, 2.75) is 54.6 Å². The van der Waals surface area contributed by atoms with Crippen molar-refractivity contribution in [2.75, 3.05) is 5.32 Å². The average molecular weight is 254 g/mol. The van der Waals surface area contributed by atoms with Gasteiger partial charge in [0.1, 0.15) is 5.60 Å². The average Bonchev–Trinajstić information content (AvgIpc) is 2.17. The van der Waals surface area contributed by atoms with Crippen LogP contribution in [-0.2, 0) is 4.74 Å². The molecule has 1 N–H and O–H groups in total. The van der Waals surface area contributed by atoms with E-state index in [2.05, 4.69) is 10.3 Å². The number of nitrogens with zero attached hydrogens (tertiary/aromatic N) is 1. The Hall–Kier alpha value is -1.58. The maximum Gasteiger partial charge on any atom is 0.412 e. The molecule has 4 nitrogen and oxygen atoms in total. The van der Waals surface area contributed by atoms with E-state index in [1.165, 1.54) is 0 Å². The Morgan fingerprint density at radius 1 is 1.28 bits per heavy atom. The van der Waals surface area contributed by atoms with Gasteiger partial charge in [0.2, 0.25) is 0 Å². The van der Waals surface area contributed by atoms with Gasteiger partial charge in [-0.25, -0.2) is 4.79 Å². The van der Waals surface area contributed by atoms with Gasteiger partial charge in [-0.3, -0.25) is 10.3 Å². The van der Waals surface area contributed by atoms with Crippen LogP contribution in [0.1, 0.15) is 47.6 Å². The first kappa shape index (κ1) is 18.8. The summed E-state index contributed by atoms with van der Waals surface area (Å²) in [6.07, 6.45) is 2.84. The fourth-order valence-corrected chi connectivity index (χ4v) is 1.04. The molecule has 104 valence electrons. The second-order valence-electron chi connectivity index (χ2n) is 4.38. The topological polar surface area (TPSA) is 51.2 Å². The van der Waals surface area contributed by atoms with Crippen LogP contribution in [0.25, 0.3) is 0 Å². The van der Waals surface area contributed by atoms with Gasteiger partial charge >= 0.3 is 6.09 Å². The van der Waals surface area contributed by atoms with Gasteiger partial charge in [-0.2, -0.15) is 0 Å². The monoisotopic (exact) mass is 254 g/mol. The molecule has 0 atom stereocenters. The summed E-state index contributed by atoms with van der Waals surface area (Å²) in [5.74, 6) is 0. The van der Waals surface area contributed by atoms with Gasteiger partial charge in [0.15, 0.2) is 0 Å². The normalized spacial score (nSPS) is 9.44. The third-order valence-corrected chi connectivity index (χ3v) is 1.52. The molecule has 0 aliphatic carbocycles. The van der Waals surface area contributed by atoms with E-state index in [1.54, 1.807) is 12.4 Å². The Morgan fingerprint density at radius 3 is 2.28 bits per heavy atom. The predicted octanol–water partition coefficient (Wildman–Crippen LogP) is 4.40. The van der Waals surface area contributed by atoms with Crippen molar-refractivity contribution in [3.05, 3.63) is 24.0 Å². The summed E-state index contributed by atoms with van der Waals surface area (Å²) in [6, 6.07) is 1.83. The summed E-state index contributed by atoms with van der Waals surface area (Å²) in [4.78, 5) is 15.3. The first-order chi connectivity index (χ1) is 7.87. The van der Waals surface area contributed by atoms with Crippen molar-refractivity contribution >= 4 is 11.8 Å². The minimum Gasteiger partial charge on any atom is -0.444 e. The van der Waals surface area contributed by atoms with Crippen molar-refractivity contribution in [2.24, 2.45) is 0 Å². The minimum absolute atomic E-state index is 0. The van der Waals surface area contributed by atoms with Crippen LogP contribution in [0, 0.1) is 6.92 Å². The highest BCUT2D eigenvalue weighted by atomic mass is 16.6. The van der Waals surface area contributed by atoms with Crippen LogP contribution in [0.3, 0.4) is 0 Å². The van der Waals surface area contributed by atoms with Gasteiger partial charge in [0, 0.05) is 6.20 Å². The van der Waals surface area contributed by atoms with Crippen LogP contribution in [-0.4, -0.2) is 16.7 Å². The molecular weight excluding hydrogens is 228 g/mol. The number of pyridine rings is 1. The zero-order valence-electron chi connectivity index (χ0n) is 11.5. The SMILES string of the molecule is C.CC.Cc1cncc(NC(=O)OC(C)(C)C)c1. The molecule has 1 aromatic heterocycles. The van der Waals surface area contributed by atoms with E-state index in [0.29, 0.717) is 5.69 Å². The molecular formula is C14H26N2O2. The standard InChI is InChI=1S/C11H16N2O2.C2H6.CH4/c1-8-5-9(7-12-6-8)13-10(14)15-11(2,3)4;1-2;/h5-7H,1-4H3,(H,13,14);1-2H3;1H4. The zero-order valence-corrected chi connectivity index (χ0v) is 11.5. The lowest BCUT2D eigenvalue weighted by molar-refractivity contribution is 0.0636. The second kappa shape index (κ2) is 8.50. The highest BCUT2D eigenvalue weighted by Gasteiger charge is 2.16. The highest BCUT2D eigenvalue weighted by molar-refractivity contribution is 5.84. The molecule has 0 unspecified atom stereocenters. The van der Waals surface area contributed by atoms with E-state index in [4.69, 9.17) is 4.74 Å². The molecule has 0 fully saturated rings. The molecule has 0 spiro atoms. The van der Waals surface area contributed by atoms with Crippen LogP contribution in [0.5, 0.6) is 0 Å². The first-order valence-electron chi connectivity index (χ1n) is 5.78. The maximum absolute atomic E-state index is 11.4. The minimum atomic E-state index is -0.485. The molecule has 0 aromatic carbocycles. The van der Waals surface area contributed by atoms with E-state index < -0.39 is 11.7 Å². The van der Waals surface area contributed by atoms with Crippen LogP contribution in [0.2, 0.25) is 0 Å². The molecule has 1 heterocycles. The zero-order chi connectivity index (χ0) is 13.5. The highest BCUT2D eigenvalue weighted by Crippen LogP contribution is 2.11. The number of anilines is 1. The summed E-state index contributed by atoms with van der Waals surface area (Å²) in [5.41, 5.74) is 1.15. The summed E-state index contributed by atoms with van der Waals surface area (Å²) in [5, 5.41) is 2.62. The van der Waals surface area contributed by atoms with Gasteiger partial charge in [0.25, 0.3) is 0 Å². The molecule has 1 amide bonds. The van der Waals surface area contributed by atoms with Crippen molar-refractivity contribution in [1.29, 1.82) is 0 Å². The summed E-state index contributed by atoms with van der Waals surface area (Å²) >= 11 is 0. The second-order valence-corrected chi connectivity index (χ2v) is 4.38. The van der Waals surface area contributed by atoms with Crippen molar-refractivity contribution in [1.82, 2.24) is 4.98 Å². The number of ether oxygens (including phenoxy) is 1. The largest absolute Gasteiger partial charge is 0.444 e. The van der Waals surface area contributed by atoms with Crippen LogP contribution in [0.15, 0.2) is 18.5 Å². The van der Waals surface area contributed by atoms with Gasteiger partial charge in [-0.05, 0) is 39.3 Å². The fourth-order valence-electron chi connectivity index (χ4n) is 1.04. The van der Waals surface area contributed by atoms with E-state index in [1.807, 2.05) is 47.6 Å². The van der Waals surface area contributed by atoms with Crippen molar-refractivity contribution in [3.63, 3.8) is 0 Å². The van der Waals surface area contributed by atoms with Crippen LogP contribution in [0.4, 0.5) is 10.5 Å². The third-order valence-electron chi connectivity index (χ3n) is 1.52. The Bertz CT molecular complexity index is 357. The molecule has 0 aliphatic rings. The number of amides is 1. The Kier molecular flexibility index (Phi) is 8.87. The van der Waals surface area contributed by atoms with E-state index >= 15 is 0 Å². The number of hydrogen-bond acceptors (Lipinski definition) is 3. The number of aromatic nitrogens is 1. The smallest absolute Gasteiger partial charge is 0.412 e. The molecule has 0 saturated heterocycles. The molecule has 0 saturated carbocycles. The summed E-state index contributed by atoms with van der Waals surface area (Å²) < 4.78 is 5.10. The van der Waals surface area contributed by atoms with Gasteiger partial charge in [-0.15, -0.1) is 0 Å².